The first kappa shape index (κ1) is 26.4. The van der Waals surface area contributed by atoms with Crippen LogP contribution in [-0.2, 0) is 30.4 Å². The van der Waals surface area contributed by atoms with Gasteiger partial charge in [-0.1, -0.05) is 50.1 Å². The number of carbonyl (C=O) groups excluding carboxylic acids is 3. The van der Waals surface area contributed by atoms with Crippen LogP contribution < -0.4 is 5.32 Å². The first-order valence-electron chi connectivity index (χ1n) is 10.6. The molecule has 0 bridgehead atoms. The number of esters is 2. The highest BCUT2D eigenvalue weighted by Crippen LogP contribution is 2.12. The van der Waals surface area contributed by atoms with Gasteiger partial charge in [-0.2, -0.15) is 0 Å². The van der Waals surface area contributed by atoms with Crippen molar-refractivity contribution in [2.24, 2.45) is 0 Å². The van der Waals surface area contributed by atoms with Gasteiger partial charge in [0.2, 0.25) is 0 Å². The number of aliphatic hydroxyl groups is 1. The third-order valence-corrected chi connectivity index (χ3v) is 4.16. The molecule has 0 heterocycles. The van der Waals surface area contributed by atoms with Gasteiger partial charge in [0, 0.05) is 6.42 Å². The Labute approximate surface area is 184 Å². The number of amides is 1. The second-order valence-electron chi connectivity index (χ2n) is 8.31. The molecule has 8 heteroatoms. The van der Waals surface area contributed by atoms with E-state index in [1.165, 1.54) is 0 Å². The van der Waals surface area contributed by atoms with Crippen molar-refractivity contribution in [3.05, 3.63) is 35.9 Å². The van der Waals surface area contributed by atoms with E-state index in [-0.39, 0.29) is 26.1 Å². The van der Waals surface area contributed by atoms with E-state index in [4.69, 9.17) is 14.2 Å². The van der Waals surface area contributed by atoms with Gasteiger partial charge in [0.1, 0.15) is 24.9 Å². The zero-order chi connectivity index (χ0) is 23.3. The average molecular weight is 438 g/mol. The SMILES string of the molecule is CCCCC(O)COC(=O)CC[C@H](NC(=O)OCc1ccccc1)C(=O)OC(C)(C)C. The normalized spacial score (nSPS) is 13.1. The lowest BCUT2D eigenvalue weighted by molar-refractivity contribution is -0.158. The fraction of sp³-hybridized carbons (Fsp3) is 0.609. The average Bonchev–Trinajstić information content (AvgIpc) is 2.71. The number of hydrogen-bond donors (Lipinski definition) is 2. The fourth-order valence-electron chi connectivity index (χ4n) is 2.58. The summed E-state index contributed by atoms with van der Waals surface area (Å²) in [5.41, 5.74) is 0.0474. The molecule has 1 amide bonds. The minimum atomic E-state index is -1.07. The number of benzene rings is 1. The minimum absolute atomic E-state index is 0.0146. The first-order valence-corrected chi connectivity index (χ1v) is 10.6. The van der Waals surface area contributed by atoms with Crippen LogP contribution in [0.3, 0.4) is 0 Å². The highest BCUT2D eigenvalue weighted by molar-refractivity contribution is 5.82. The van der Waals surface area contributed by atoms with Crippen LogP contribution in [0.25, 0.3) is 0 Å². The molecule has 0 spiro atoms. The van der Waals surface area contributed by atoms with Gasteiger partial charge in [0.25, 0.3) is 0 Å². The lowest BCUT2D eigenvalue weighted by atomic mass is 10.1. The third-order valence-electron chi connectivity index (χ3n) is 4.16. The number of alkyl carbamates (subject to hydrolysis) is 1. The summed E-state index contributed by atoms with van der Waals surface area (Å²) in [6, 6.07) is 8.05. The van der Waals surface area contributed by atoms with Gasteiger partial charge in [-0.05, 0) is 39.2 Å². The molecule has 8 nitrogen and oxygen atoms in total. The standard InChI is InChI=1S/C23H35NO7/c1-5-6-12-18(25)16-29-20(26)14-13-19(21(27)31-23(2,3)4)24-22(28)30-15-17-10-8-7-9-11-17/h7-11,18-19,25H,5-6,12-16H2,1-4H3,(H,24,28)/t18?,19-/m0/s1. The zero-order valence-electron chi connectivity index (χ0n) is 18.9. The molecule has 2 atom stereocenters. The first-order chi connectivity index (χ1) is 14.6. The maximum atomic E-state index is 12.5. The molecule has 0 radical (unpaired) electrons. The third kappa shape index (κ3) is 12.6. The molecule has 31 heavy (non-hydrogen) atoms. The number of unbranched alkanes of at least 4 members (excludes halogenated alkanes) is 1. The van der Waals surface area contributed by atoms with Crippen LogP contribution in [0, 0.1) is 0 Å². The number of rotatable bonds is 12. The topological polar surface area (TPSA) is 111 Å². The molecule has 0 saturated heterocycles. The second kappa shape index (κ2) is 13.6. The summed E-state index contributed by atoms with van der Waals surface area (Å²) in [7, 11) is 0. The molecule has 0 aromatic heterocycles. The summed E-state index contributed by atoms with van der Waals surface area (Å²) in [6.07, 6.45) is 0.699. The maximum Gasteiger partial charge on any atom is 0.408 e. The molecule has 0 aliphatic heterocycles. The molecule has 1 aromatic rings. The van der Waals surface area contributed by atoms with Crippen LogP contribution in [0.1, 0.15) is 65.4 Å². The highest BCUT2D eigenvalue weighted by Gasteiger charge is 2.28. The molecule has 0 fully saturated rings. The summed E-state index contributed by atoms with van der Waals surface area (Å²) in [5, 5.41) is 12.2. The quantitative estimate of drug-likeness (QED) is 0.380. The van der Waals surface area contributed by atoms with Crippen molar-refractivity contribution >= 4 is 18.0 Å². The number of hydrogen-bond acceptors (Lipinski definition) is 7. The Morgan fingerprint density at radius 3 is 2.35 bits per heavy atom. The molecule has 1 rings (SSSR count). The Bertz CT molecular complexity index is 685. The zero-order valence-corrected chi connectivity index (χ0v) is 18.9. The van der Waals surface area contributed by atoms with Crippen LogP contribution in [0.15, 0.2) is 30.3 Å². The van der Waals surface area contributed by atoms with Crippen LogP contribution >= 0.6 is 0 Å². The Morgan fingerprint density at radius 2 is 1.74 bits per heavy atom. The van der Waals surface area contributed by atoms with Crippen molar-refractivity contribution in [2.45, 2.75) is 84.2 Å². The molecular weight excluding hydrogens is 402 g/mol. The van der Waals surface area contributed by atoms with Gasteiger partial charge in [0.05, 0.1) is 6.10 Å². The van der Waals surface area contributed by atoms with Crippen molar-refractivity contribution in [2.75, 3.05) is 6.61 Å². The van der Waals surface area contributed by atoms with Crippen LogP contribution in [0.2, 0.25) is 0 Å². The van der Waals surface area contributed by atoms with E-state index in [1.54, 1.807) is 20.8 Å². The number of aliphatic hydroxyl groups excluding tert-OH is 1. The summed E-state index contributed by atoms with van der Waals surface area (Å²) in [5.74, 6) is -1.23. The van der Waals surface area contributed by atoms with E-state index < -0.39 is 35.8 Å². The highest BCUT2D eigenvalue weighted by atomic mass is 16.6. The molecule has 0 aliphatic carbocycles. The van der Waals surface area contributed by atoms with Crippen LogP contribution in [0.5, 0.6) is 0 Å². The molecule has 0 saturated carbocycles. The van der Waals surface area contributed by atoms with Gasteiger partial charge >= 0.3 is 18.0 Å². The largest absolute Gasteiger partial charge is 0.463 e. The second-order valence-corrected chi connectivity index (χ2v) is 8.31. The summed E-state index contributed by atoms with van der Waals surface area (Å²) in [6.45, 7) is 7.09. The number of ether oxygens (including phenoxy) is 3. The summed E-state index contributed by atoms with van der Waals surface area (Å²) in [4.78, 5) is 36.6. The molecule has 174 valence electrons. The minimum Gasteiger partial charge on any atom is -0.463 e. The molecule has 0 aliphatic rings. The Balaban J connectivity index is 2.57. The summed E-state index contributed by atoms with van der Waals surface area (Å²) < 4.78 is 15.5. The van der Waals surface area contributed by atoms with Crippen molar-refractivity contribution < 1.29 is 33.7 Å². The Morgan fingerprint density at radius 1 is 1.06 bits per heavy atom. The van der Waals surface area contributed by atoms with Crippen molar-refractivity contribution in [1.82, 2.24) is 5.32 Å². The van der Waals surface area contributed by atoms with Gasteiger partial charge in [0.15, 0.2) is 0 Å². The molecule has 1 unspecified atom stereocenters. The smallest absolute Gasteiger partial charge is 0.408 e. The lowest BCUT2D eigenvalue weighted by Crippen LogP contribution is -2.44. The fourth-order valence-corrected chi connectivity index (χ4v) is 2.58. The monoisotopic (exact) mass is 437 g/mol. The molecular formula is C23H35NO7. The van der Waals surface area contributed by atoms with Crippen LogP contribution in [-0.4, -0.2) is 47.5 Å². The predicted octanol–water partition coefficient (Wildman–Crippen LogP) is 3.50. The summed E-state index contributed by atoms with van der Waals surface area (Å²) >= 11 is 0. The van der Waals surface area contributed by atoms with E-state index in [0.717, 1.165) is 18.4 Å². The van der Waals surface area contributed by atoms with E-state index in [0.29, 0.717) is 6.42 Å². The van der Waals surface area contributed by atoms with E-state index in [9.17, 15) is 19.5 Å². The Kier molecular flexibility index (Phi) is 11.6. The van der Waals surface area contributed by atoms with Gasteiger partial charge in [-0.3, -0.25) is 4.79 Å². The van der Waals surface area contributed by atoms with Crippen molar-refractivity contribution in [3.8, 4) is 0 Å². The van der Waals surface area contributed by atoms with Crippen LogP contribution in [0.4, 0.5) is 4.79 Å². The number of carbonyl (C=O) groups is 3. The molecule has 2 N–H and O–H groups in total. The van der Waals surface area contributed by atoms with Crippen molar-refractivity contribution in [3.63, 3.8) is 0 Å². The lowest BCUT2D eigenvalue weighted by Gasteiger charge is -2.24. The van der Waals surface area contributed by atoms with Gasteiger partial charge in [-0.25, -0.2) is 9.59 Å². The van der Waals surface area contributed by atoms with Gasteiger partial charge < -0.3 is 24.6 Å². The van der Waals surface area contributed by atoms with Gasteiger partial charge in [-0.15, -0.1) is 0 Å². The Hall–Kier alpha value is -2.61. The van der Waals surface area contributed by atoms with E-state index >= 15 is 0 Å². The van der Waals surface area contributed by atoms with Crippen molar-refractivity contribution in [1.29, 1.82) is 0 Å². The predicted molar refractivity (Wildman–Crippen MR) is 115 cm³/mol. The number of nitrogens with one attached hydrogen (secondary N) is 1. The van der Waals surface area contributed by atoms with E-state index in [2.05, 4.69) is 5.32 Å². The molecule has 1 aromatic carbocycles. The maximum absolute atomic E-state index is 12.5. The van der Waals surface area contributed by atoms with E-state index in [1.807, 2.05) is 37.3 Å².